The van der Waals surface area contributed by atoms with Crippen LogP contribution in [0.5, 0.6) is 5.75 Å². The lowest BCUT2D eigenvalue weighted by molar-refractivity contribution is -0.142. The molecule has 0 atom stereocenters. The van der Waals surface area contributed by atoms with Gasteiger partial charge < -0.3 is 14.2 Å². The van der Waals surface area contributed by atoms with Gasteiger partial charge in [0.25, 0.3) is 11.8 Å². The van der Waals surface area contributed by atoms with Crippen LogP contribution in [0.4, 0.5) is 0 Å². The summed E-state index contributed by atoms with van der Waals surface area (Å²) in [6.07, 6.45) is 5.15. The molecule has 0 unspecified atom stereocenters. The molecule has 0 saturated carbocycles. The van der Waals surface area contributed by atoms with Crippen molar-refractivity contribution in [2.24, 2.45) is 0 Å². The number of para-hydroxylation sites is 1. The number of nitriles is 1. The lowest BCUT2D eigenvalue weighted by Gasteiger charge is -2.27. The maximum absolute atomic E-state index is 13.7. The molecule has 1 aliphatic heterocycles. The third-order valence-corrected chi connectivity index (χ3v) is 6.70. The molecule has 0 aliphatic carbocycles. The number of carbonyl (C=O) groups excluding carboxylic acids is 3. The summed E-state index contributed by atoms with van der Waals surface area (Å²) in [5.41, 5.74) is 4.15. The van der Waals surface area contributed by atoms with E-state index in [9.17, 15) is 19.6 Å². The number of benzene rings is 2. The summed E-state index contributed by atoms with van der Waals surface area (Å²) in [5, 5.41) is 14.7. The summed E-state index contributed by atoms with van der Waals surface area (Å²) >= 11 is 0. The van der Waals surface area contributed by atoms with Gasteiger partial charge >= 0.3 is 5.97 Å². The van der Waals surface area contributed by atoms with E-state index >= 15 is 0 Å². The maximum atomic E-state index is 13.7. The first-order chi connectivity index (χ1) is 20.7. The van der Waals surface area contributed by atoms with E-state index in [-0.39, 0.29) is 43.1 Å². The highest BCUT2D eigenvalue weighted by atomic mass is 16.6. The minimum Gasteiger partial charge on any atom is -0.490 e. The van der Waals surface area contributed by atoms with Crippen molar-refractivity contribution in [1.29, 1.82) is 5.26 Å². The molecule has 2 amide bonds. The van der Waals surface area contributed by atoms with Crippen molar-refractivity contribution in [3.05, 3.63) is 95.2 Å². The molecule has 0 spiro atoms. The predicted octanol–water partition coefficient (Wildman–Crippen LogP) is 4.58. The van der Waals surface area contributed by atoms with Crippen LogP contribution in [0.2, 0.25) is 0 Å². The first-order valence-corrected chi connectivity index (χ1v) is 13.6. The van der Waals surface area contributed by atoms with Crippen LogP contribution in [0, 0.1) is 18.3 Å². The van der Waals surface area contributed by atoms with Crippen molar-refractivity contribution in [1.82, 2.24) is 14.7 Å². The minimum absolute atomic E-state index is 0.0143. The Balaban J connectivity index is 1.74. The summed E-state index contributed by atoms with van der Waals surface area (Å²) < 4.78 is 17.7. The number of esters is 1. The molecule has 3 aromatic rings. The molecule has 10 nitrogen and oxygen atoms in total. The van der Waals surface area contributed by atoms with Crippen molar-refractivity contribution < 1.29 is 28.6 Å². The van der Waals surface area contributed by atoms with Gasteiger partial charge in [0.2, 0.25) is 0 Å². The molecule has 10 heteroatoms. The van der Waals surface area contributed by atoms with E-state index in [4.69, 9.17) is 19.3 Å². The van der Waals surface area contributed by atoms with Gasteiger partial charge in [-0.1, -0.05) is 30.9 Å². The van der Waals surface area contributed by atoms with Crippen LogP contribution in [-0.2, 0) is 23.9 Å². The van der Waals surface area contributed by atoms with Gasteiger partial charge in [0, 0.05) is 29.8 Å². The van der Waals surface area contributed by atoms with Crippen LogP contribution >= 0.6 is 0 Å². The Morgan fingerprint density at radius 3 is 2.51 bits per heavy atom. The molecule has 0 radical (unpaired) electrons. The summed E-state index contributed by atoms with van der Waals surface area (Å²) in [7, 11) is 0. The number of hydrogen-bond acceptors (Lipinski definition) is 8. The minimum atomic E-state index is -0.683. The fourth-order valence-corrected chi connectivity index (χ4v) is 4.55. The fourth-order valence-electron chi connectivity index (χ4n) is 4.55. The Morgan fingerprint density at radius 2 is 1.84 bits per heavy atom. The Kier molecular flexibility index (Phi) is 10.0. The molecular formula is C33H32N4O6. The van der Waals surface area contributed by atoms with Crippen LogP contribution in [0.1, 0.15) is 25.0 Å². The molecule has 2 heterocycles. The molecule has 1 aromatic heterocycles. The second-order valence-corrected chi connectivity index (χ2v) is 9.67. The van der Waals surface area contributed by atoms with E-state index in [2.05, 4.69) is 6.58 Å². The number of imide groups is 1. The van der Waals surface area contributed by atoms with E-state index < -0.39 is 17.8 Å². The van der Waals surface area contributed by atoms with Crippen molar-refractivity contribution in [3.63, 3.8) is 0 Å². The quantitative estimate of drug-likeness (QED) is 0.100. The number of carbonyl (C=O) groups is 3. The molecule has 43 heavy (non-hydrogen) atoms. The Labute approximate surface area is 250 Å². The molecule has 4 rings (SSSR count). The molecule has 0 fully saturated rings. The summed E-state index contributed by atoms with van der Waals surface area (Å²) in [6, 6.07) is 17.2. The van der Waals surface area contributed by atoms with Crippen molar-refractivity contribution in [2.75, 3.05) is 33.0 Å². The summed E-state index contributed by atoms with van der Waals surface area (Å²) in [4.78, 5) is 38.7. The number of ether oxygens (including phenoxy) is 3. The number of hydrogen-bond donors (Lipinski definition) is 0. The molecular weight excluding hydrogens is 548 g/mol. The van der Waals surface area contributed by atoms with Gasteiger partial charge in [-0.15, -0.1) is 0 Å². The van der Waals surface area contributed by atoms with Gasteiger partial charge in [0.05, 0.1) is 25.4 Å². The second kappa shape index (κ2) is 14.1. The highest BCUT2D eigenvalue weighted by molar-refractivity contribution is 6.19. The van der Waals surface area contributed by atoms with Crippen LogP contribution < -0.4 is 4.74 Å². The van der Waals surface area contributed by atoms with Gasteiger partial charge in [-0.3, -0.25) is 19.3 Å². The highest BCUT2D eigenvalue weighted by Gasteiger charge is 2.35. The van der Waals surface area contributed by atoms with Crippen molar-refractivity contribution >= 4 is 23.9 Å². The van der Waals surface area contributed by atoms with Gasteiger partial charge in [-0.2, -0.15) is 10.4 Å². The highest BCUT2D eigenvalue weighted by Crippen LogP contribution is 2.33. The predicted molar refractivity (Wildman–Crippen MR) is 160 cm³/mol. The standard InChI is InChI=1S/C33H32N4O6/c1-5-14-43-27-11-12-28(22(2)18-27)31-25(21-37(35-31)26-9-7-6-8-10-26)19-29-23(3)30(20-34)33(40)36(32(29)39)13-15-41-16-17-42-24(4)38/h5-12,18-19,21H,1,13-17H2,2-4H3/b29-19+. The van der Waals surface area contributed by atoms with Crippen molar-refractivity contribution in [3.8, 4) is 28.8 Å². The van der Waals surface area contributed by atoms with Crippen LogP contribution in [-0.4, -0.2) is 65.4 Å². The Hall–Kier alpha value is -5.27. The van der Waals surface area contributed by atoms with E-state index in [1.807, 2.05) is 67.7 Å². The van der Waals surface area contributed by atoms with Gasteiger partial charge in [0.15, 0.2) is 0 Å². The number of nitrogens with zero attached hydrogens (tertiary/aromatic N) is 4. The first kappa shape index (κ1) is 30.7. The molecule has 220 valence electrons. The van der Waals surface area contributed by atoms with E-state index in [0.29, 0.717) is 23.6 Å². The molecule has 0 bridgehead atoms. The van der Waals surface area contributed by atoms with Crippen LogP contribution in [0.3, 0.4) is 0 Å². The summed E-state index contributed by atoms with van der Waals surface area (Å²) in [6.45, 7) is 8.99. The third kappa shape index (κ3) is 7.15. The normalized spacial score (nSPS) is 14.2. The van der Waals surface area contributed by atoms with E-state index in [0.717, 1.165) is 21.7 Å². The second-order valence-electron chi connectivity index (χ2n) is 9.67. The Bertz CT molecular complexity index is 1650. The average molecular weight is 581 g/mol. The lowest BCUT2D eigenvalue weighted by Crippen LogP contribution is -2.44. The molecule has 0 N–H and O–H groups in total. The van der Waals surface area contributed by atoms with Crippen LogP contribution in [0.25, 0.3) is 23.0 Å². The monoisotopic (exact) mass is 580 g/mol. The van der Waals surface area contributed by atoms with E-state index in [1.165, 1.54) is 6.92 Å². The number of amides is 2. The number of aryl methyl sites for hydroxylation is 1. The summed E-state index contributed by atoms with van der Waals surface area (Å²) in [5.74, 6) is -0.973. The van der Waals surface area contributed by atoms with Crippen LogP contribution in [0.15, 0.2) is 84.1 Å². The van der Waals surface area contributed by atoms with Crippen molar-refractivity contribution in [2.45, 2.75) is 20.8 Å². The third-order valence-electron chi connectivity index (χ3n) is 6.70. The largest absolute Gasteiger partial charge is 0.490 e. The zero-order valence-corrected chi connectivity index (χ0v) is 24.3. The van der Waals surface area contributed by atoms with Gasteiger partial charge in [0.1, 0.15) is 36.3 Å². The Morgan fingerprint density at radius 1 is 1.07 bits per heavy atom. The SMILES string of the molecule is C=CCOc1ccc(-c2nn(-c3ccccc3)cc2/C=C2/C(=O)N(CCOCCOC(C)=O)C(=O)C(C#N)=C2C)c(C)c1. The number of rotatable bonds is 12. The molecule has 0 saturated heterocycles. The fraction of sp³-hybridized carbons (Fsp3) is 0.242. The van der Waals surface area contributed by atoms with E-state index in [1.54, 1.807) is 23.8 Å². The molecule has 1 aliphatic rings. The maximum Gasteiger partial charge on any atom is 0.302 e. The average Bonchev–Trinajstić information content (AvgIpc) is 3.41. The molecule has 2 aromatic carbocycles. The smallest absolute Gasteiger partial charge is 0.302 e. The number of aromatic nitrogens is 2. The lowest BCUT2D eigenvalue weighted by atomic mass is 9.93. The van der Waals surface area contributed by atoms with Gasteiger partial charge in [-0.05, 0) is 61.4 Å². The topological polar surface area (TPSA) is 124 Å². The zero-order valence-electron chi connectivity index (χ0n) is 24.3. The zero-order chi connectivity index (χ0) is 30.9. The van der Waals surface area contributed by atoms with Gasteiger partial charge in [-0.25, -0.2) is 4.68 Å². The first-order valence-electron chi connectivity index (χ1n) is 13.6.